The van der Waals surface area contributed by atoms with E-state index in [2.05, 4.69) is 22.2 Å². The number of rotatable bonds is 6. The van der Waals surface area contributed by atoms with Gasteiger partial charge < -0.3 is 15.1 Å². The second-order valence-corrected chi connectivity index (χ2v) is 12.3. The van der Waals surface area contributed by atoms with E-state index in [0.29, 0.717) is 62.4 Å². The lowest BCUT2D eigenvalue weighted by atomic mass is 10.0. The summed E-state index contributed by atoms with van der Waals surface area (Å²) in [5.41, 5.74) is 2.74. The fourth-order valence-electron chi connectivity index (χ4n) is 4.98. The van der Waals surface area contributed by atoms with Crippen molar-refractivity contribution in [2.24, 2.45) is 5.92 Å². The molecule has 1 N–H and O–H groups in total. The first-order valence-corrected chi connectivity index (χ1v) is 15.0. The van der Waals surface area contributed by atoms with Crippen LogP contribution in [0.25, 0.3) is 11.3 Å². The molecule has 2 amide bonds. The number of hydrogen-bond donors (Lipinski definition) is 1. The molecule has 1 aromatic heterocycles. The number of nitrogens with zero attached hydrogens (tertiary/aromatic N) is 5. The van der Waals surface area contributed by atoms with Gasteiger partial charge in [-0.1, -0.05) is 19.1 Å². The number of carbonyl (C=O) groups is 2. The lowest BCUT2D eigenvalue weighted by molar-refractivity contribution is -0.130. The summed E-state index contributed by atoms with van der Waals surface area (Å²) in [6.45, 7) is 6.94. The van der Waals surface area contributed by atoms with Gasteiger partial charge in [-0.2, -0.15) is 4.31 Å². The maximum Gasteiger partial charge on any atom is 0.253 e. The van der Waals surface area contributed by atoms with Crippen molar-refractivity contribution in [2.45, 2.75) is 31.6 Å². The SMILES string of the molecule is CC(=O)N1CCN(C(=O)c2ccc(Nc3nccc(-c4ccc(S(=O)(=O)N5CCC(C)CC5)cc4)n3)cc2)CC1. The summed E-state index contributed by atoms with van der Waals surface area (Å²) >= 11 is 0. The van der Waals surface area contributed by atoms with Gasteiger partial charge in [-0.05, 0) is 61.2 Å². The molecular weight excluding hydrogens is 528 g/mol. The average molecular weight is 563 g/mol. The molecule has 2 fully saturated rings. The van der Waals surface area contributed by atoms with Gasteiger partial charge in [-0.3, -0.25) is 9.59 Å². The predicted octanol–water partition coefficient (Wildman–Crippen LogP) is 3.61. The molecule has 10 nitrogen and oxygen atoms in total. The van der Waals surface area contributed by atoms with Gasteiger partial charge in [-0.15, -0.1) is 0 Å². The van der Waals surface area contributed by atoms with Crippen LogP contribution in [0.5, 0.6) is 0 Å². The molecule has 0 bridgehead atoms. The van der Waals surface area contributed by atoms with E-state index in [4.69, 9.17) is 0 Å². The molecule has 40 heavy (non-hydrogen) atoms. The Kier molecular flexibility index (Phi) is 8.13. The zero-order valence-corrected chi connectivity index (χ0v) is 23.6. The highest BCUT2D eigenvalue weighted by molar-refractivity contribution is 7.89. The molecule has 2 aromatic carbocycles. The molecule has 0 saturated carbocycles. The van der Waals surface area contributed by atoms with E-state index in [9.17, 15) is 18.0 Å². The monoisotopic (exact) mass is 562 g/mol. The van der Waals surface area contributed by atoms with Crippen LogP contribution in [0.1, 0.15) is 37.0 Å². The van der Waals surface area contributed by atoms with Crippen LogP contribution >= 0.6 is 0 Å². The third-order valence-corrected chi connectivity index (χ3v) is 9.50. The normalized spacial score (nSPS) is 17.1. The molecule has 11 heteroatoms. The highest BCUT2D eigenvalue weighted by atomic mass is 32.2. The number of piperidine rings is 1. The first kappa shape index (κ1) is 27.7. The second-order valence-electron chi connectivity index (χ2n) is 10.4. The minimum Gasteiger partial charge on any atom is -0.339 e. The van der Waals surface area contributed by atoms with E-state index in [1.165, 1.54) is 0 Å². The van der Waals surface area contributed by atoms with Crippen molar-refractivity contribution in [1.82, 2.24) is 24.1 Å². The second kappa shape index (κ2) is 11.7. The Hall–Kier alpha value is -3.83. The Morgan fingerprint density at radius 2 is 1.48 bits per heavy atom. The lowest BCUT2D eigenvalue weighted by Gasteiger charge is -2.34. The standard InChI is InChI=1S/C29H34N6O4S/c1-21-12-15-35(16-13-21)40(38,39)26-9-5-23(6-10-26)27-11-14-30-29(32-27)31-25-7-3-24(4-8-25)28(37)34-19-17-33(18-20-34)22(2)36/h3-11,14,21H,12-13,15-20H2,1-2H3,(H,30,31,32). The Morgan fingerprint density at radius 1 is 0.850 bits per heavy atom. The van der Waals surface area contributed by atoms with Gasteiger partial charge in [0.2, 0.25) is 21.9 Å². The van der Waals surface area contributed by atoms with Gasteiger partial charge in [0.1, 0.15) is 0 Å². The first-order chi connectivity index (χ1) is 19.2. The minimum absolute atomic E-state index is 0.0290. The van der Waals surface area contributed by atoms with E-state index < -0.39 is 10.0 Å². The van der Waals surface area contributed by atoms with Crippen molar-refractivity contribution in [3.63, 3.8) is 0 Å². The van der Waals surface area contributed by atoms with Crippen LogP contribution < -0.4 is 5.32 Å². The third kappa shape index (κ3) is 6.15. The number of hydrogen-bond acceptors (Lipinski definition) is 7. The van der Waals surface area contributed by atoms with Crippen LogP contribution in [0.3, 0.4) is 0 Å². The average Bonchev–Trinajstić information content (AvgIpc) is 2.98. The molecule has 210 valence electrons. The summed E-state index contributed by atoms with van der Waals surface area (Å²) in [5.74, 6) is 0.904. The molecule has 2 aliphatic heterocycles. The van der Waals surface area contributed by atoms with Crippen LogP contribution in [0.15, 0.2) is 65.7 Å². The van der Waals surface area contributed by atoms with Gasteiger partial charge in [0.05, 0.1) is 10.6 Å². The molecule has 3 heterocycles. The van der Waals surface area contributed by atoms with Crippen LogP contribution in [-0.2, 0) is 14.8 Å². The Balaban J connectivity index is 1.22. The van der Waals surface area contributed by atoms with Gasteiger partial charge >= 0.3 is 0 Å². The maximum absolute atomic E-state index is 13.0. The number of carbonyl (C=O) groups excluding carboxylic acids is 2. The van der Waals surface area contributed by atoms with Gasteiger partial charge in [0.15, 0.2) is 0 Å². The molecule has 0 spiro atoms. The summed E-state index contributed by atoms with van der Waals surface area (Å²) in [5, 5.41) is 3.17. The van der Waals surface area contributed by atoms with E-state index in [1.807, 2.05) is 0 Å². The minimum atomic E-state index is -3.51. The summed E-state index contributed by atoms with van der Waals surface area (Å²) in [6.07, 6.45) is 3.40. The van der Waals surface area contributed by atoms with Crippen molar-refractivity contribution in [3.8, 4) is 11.3 Å². The summed E-state index contributed by atoms with van der Waals surface area (Å²) in [4.78, 5) is 37.1. The Bertz CT molecular complexity index is 1460. The first-order valence-electron chi connectivity index (χ1n) is 13.6. The van der Waals surface area contributed by atoms with E-state index >= 15 is 0 Å². The largest absolute Gasteiger partial charge is 0.339 e. The van der Waals surface area contributed by atoms with Crippen molar-refractivity contribution in [2.75, 3.05) is 44.6 Å². The molecule has 2 aliphatic rings. The highest BCUT2D eigenvalue weighted by Gasteiger charge is 2.28. The molecule has 3 aromatic rings. The molecule has 0 atom stereocenters. The number of aromatic nitrogens is 2. The summed E-state index contributed by atoms with van der Waals surface area (Å²) in [6, 6.07) is 15.7. The smallest absolute Gasteiger partial charge is 0.253 e. The van der Waals surface area contributed by atoms with Gasteiger partial charge in [0, 0.05) is 69.2 Å². The molecular formula is C29H34N6O4S. The van der Waals surface area contributed by atoms with Gasteiger partial charge in [0.25, 0.3) is 5.91 Å². The highest BCUT2D eigenvalue weighted by Crippen LogP contribution is 2.26. The van der Waals surface area contributed by atoms with Crippen LogP contribution in [0.2, 0.25) is 0 Å². The number of anilines is 2. The zero-order valence-electron chi connectivity index (χ0n) is 22.8. The van der Waals surface area contributed by atoms with Crippen LogP contribution in [-0.4, -0.2) is 83.6 Å². The van der Waals surface area contributed by atoms with Gasteiger partial charge in [-0.25, -0.2) is 18.4 Å². The third-order valence-electron chi connectivity index (χ3n) is 7.59. The maximum atomic E-state index is 13.0. The van der Waals surface area contributed by atoms with E-state index in [-0.39, 0.29) is 16.7 Å². The molecule has 2 saturated heterocycles. The van der Waals surface area contributed by atoms with Crippen LogP contribution in [0, 0.1) is 5.92 Å². The number of sulfonamides is 1. The van der Waals surface area contributed by atoms with E-state index in [1.54, 1.807) is 81.8 Å². The summed E-state index contributed by atoms with van der Waals surface area (Å²) in [7, 11) is -3.51. The molecule has 0 radical (unpaired) electrons. The Labute approximate surface area is 235 Å². The molecule has 0 aliphatic carbocycles. The van der Waals surface area contributed by atoms with Crippen LogP contribution in [0.4, 0.5) is 11.6 Å². The zero-order chi connectivity index (χ0) is 28.3. The van der Waals surface area contributed by atoms with Crippen molar-refractivity contribution in [3.05, 3.63) is 66.4 Å². The number of nitrogens with one attached hydrogen (secondary N) is 1. The van der Waals surface area contributed by atoms with Crippen molar-refractivity contribution in [1.29, 1.82) is 0 Å². The summed E-state index contributed by atoms with van der Waals surface area (Å²) < 4.78 is 27.7. The quantitative estimate of drug-likeness (QED) is 0.488. The predicted molar refractivity (Wildman–Crippen MR) is 153 cm³/mol. The Morgan fingerprint density at radius 3 is 2.10 bits per heavy atom. The van der Waals surface area contributed by atoms with Crippen molar-refractivity contribution < 1.29 is 18.0 Å². The fraction of sp³-hybridized carbons (Fsp3) is 0.379. The lowest BCUT2D eigenvalue weighted by Crippen LogP contribution is -2.50. The fourth-order valence-corrected chi connectivity index (χ4v) is 6.45. The molecule has 0 unspecified atom stereocenters. The number of amides is 2. The topological polar surface area (TPSA) is 116 Å². The van der Waals surface area contributed by atoms with Crippen molar-refractivity contribution >= 4 is 33.5 Å². The van der Waals surface area contributed by atoms with E-state index in [0.717, 1.165) is 24.1 Å². The number of benzene rings is 2. The molecule has 5 rings (SSSR count). The number of piperazine rings is 1.